The number of benzene rings is 2. The molecule has 0 saturated carbocycles. The minimum absolute atomic E-state index is 0.0606. The number of carbonyl (C=O) groups is 5. The number of nitrogens with zero attached hydrogens (tertiary/aromatic N) is 2. The number of fused-ring (bicyclic) bond motifs is 2. The van der Waals surface area contributed by atoms with E-state index in [1.54, 1.807) is 41.6 Å². The van der Waals surface area contributed by atoms with Gasteiger partial charge in [-0.25, -0.2) is 0 Å². The third-order valence-corrected chi connectivity index (χ3v) is 8.22. The first-order chi connectivity index (χ1) is 21.1. The van der Waals surface area contributed by atoms with Crippen LogP contribution in [0.4, 0.5) is 5.69 Å². The topological polar surface area (TPSA) is 154 Å². The summed E-state index contributed by atoms with van der Waals surface area (Å²) in [5.74, 6) is -1.59. The molecular weight excluding hydrogens is 675 g/mol. The molecule has 0 saturated heterocycles. The standard InChI is InChI=1S/C32H43IN6O5/c1-22(2)31(32(44)39(33)21-29(42)36-19-17-34)37-28(41)13-7-12-27(40)35-18-16-30(43)38-20-25-10-4-3-8-23(25)14-15-24-9-5-6-11-26(24)38/h3-6,8-11,22,31H,7,12-21,34H2,1-2H3,(H,35,40)(H,36,42)(H,37,41). The van der Waals surface area contributed by atoms with Crippen LogP contribution in [-0.2, 0) is 43.4 Å². The number of anilines is 1. The Morgan fingerprint density at radius 1 is 0.841 bits per heavy atom. The first-order valence-electron chi connectivity index (χ1n) is 15.1. The van der Waals surface area contributed by atoms with Gasteiger partial charge in [0.15, 0.2) is 0 Å². The highest BCUT2D eigenvalue weighted by Crippen LogP contribution is 2.28. The highest BCUT2D eigenvalue weighted by molar-refractivity contribution is 14.1. The molecular formula is C32H43IN6O5. The maximum atomic E-state index is 13.3. The van der Waals surface area contributed by atoms with Crippen molar-refractivity contribution in [1.29, 1.82) is 0 Å². The van der Waals surface area contributed by atoms with Gasteiger partial charge in [0.05, 0.1) is 29.4 Å². The van der Waals surface area contributed by atoms with Crippen LogP contribution in [0.15, 0.2) is 48.5 Å². The number of nitrogens with one attached hydrogen (secondary N) is 3. The van der Waals surface area contributed by atoms with Crippen molar-refractivity contribution in [2.45, 2.75) is 65.0 Å². The Hall–Kier alpha value is -3.52. The van der Waals surface area contributed by atoms with Gasteiger partial charge in [-0.2, -0.15) is 0 Å². The average Bonchev–Trinajstić information content (AvgIpc) is 2.99. The number of halogens is 1. The maximum absolute atomic E-state index is 13.3. The fourth-order valence-electron chi connectivity index (χ4n) is 5.01. The number of nitrogens with two attached hydrogens (primary N) is 1. The molecule has 1 atom stereocenters. The summed E-state index contributed by atoms with van der Waals surface area (Å²) in [6.45, 7) is 4.74. The van der Waals surface area contributed by atoms with E-state index < -0.39 is 6.04 Å². The summed E-state index contributed by atoms with van der Waals surface area (Å²) in [5, 5.41) is 8.14. The van der Waals surface area contributed by atoms with Crippen molar-refractivity contribution in [3.63, 3.8) is 0 Å². The lowest BCUT2D eigenvalue weighted by atomic mass is 9.95. The highest BCUT2D eigenvalue weighted by atomic mass is 127. The van der Waals surface area contributed by atoms with Crippen LogP contribution in [-0.4, -0.2) is 64.9 Å². The fourth-order valence-corrected chi connectivity index (χ4v) is 5.62. The smallest absolute Gasteiger partial charge is 0.254 e. The molecule has 12 heteroatoms. The molecule has 1 unspecified atom stereocenters. The van der Waals surface area contributed by atoms with Crippen molar-refractivity contribution in [3.05, 3.63) is 65.2 Å². The van der Waals surface area contributed by atoms with Crippen molar-refractivity contribution in [2.24, 2.45) is 11.7 Å². The highest BCUT2D eigenvalue weighted by Gasteiger charge is 2.29. The molecule has 5 amide bonds. The number of aryl methyl sites for hydroxylation is 2. The molecule has 2 aromatic rings. The minimum atomic E-state index is -0.804. The van der Waals surface area contributed by atoms with Crippen LogP contribution in [0.5, 0.6) is 0 Å². The molecule has 0 aromatic heterocycles. The second-order valence-corrected chi connectivity index (χ2v) is 12.3. The molecule has 1 aliphatic heterocycles. The van der Waals surface area contributed by atoms with Crippen molar-refractivity contribution in [2.75, 3.05) is 31.1 Å². The summed E-state index contributed by atoms with van der Waals surface area (Å²) < 4.78 is 1.24. The predicted molar refractivity (Wildman–Crippen MR) is 178 cm³/mol. The molecule has 44 heavy (non-hydrogen) atoms. The van der Waals surface area contributed by atoms with E-state index in [9.17, 15) is 24.0 Å². The Morgan fingerprint density at radius 2 is 1.45 bits per heavy atom. The molecule has 238 valence electrons. The van der Waals surface area contributed by atoms with Gasteiger partial charge in [-0.15, -0.1) is 0 Å². The van der Waals surface area contributed by atoms with Crippen molar-refractivity contribution in [1.82, 2.24) is 19.1 Å². The normalized spacial score (nSPS) is 13.1. The zero-order valence-corrected chi connectivity index (χ0v) is 27.6. The van der Waals surface area contributed by atoms with Crippen LogP contribution in [0.3, 0.4) is 0 Å². The van der Waals surface area contributed by atoms with Crippen molar-refractivity contribution >= 4 is 58.1 Å². The quantitative estimate of drug-likeness (QED) is 0.174. The van der Waals surface area contributed by atoms with E-state index in [-0.39, 0.29) is 74.2 Å². The van der Waals surface area contributed by atoms with Gasteiger partial charge in [0, 0.05) is 44.6 Å². The van der Waals surface area contributed by atoms with Crippen LogP contribution in [0.25, 0.3) is 0 Å². The summed E-state index contributed by atoms with van der Waals surface area (Å²) in [5.41, 5.74) is 9.77. The lowest BCUT2D eigenvalue weighted by Gasteiger charge is -2.29. The average molecular weight is 719 g/mol. The monoisotopic (exact) mass is 718 g/mol. The molecule has 2 aromatic carbocycles. The minimum Gasteiger partial charge on any atom is -0.356 e. The van der Waals surface area contributed by atoms with E-state index in [0.717, 1.165) is 29.7 Å². The Labute approximate surface area is 273 Å². The summed E-state index contributed by atoms with van der Waals surface area (Å²) in [7, 11) is 0. The van der Waals surface area contributed by atoms with Gasteiger partial charge < -0.3 is 26.6 Å². The maximum Gasteiger partial charge on any atom is 0.254 e. The van der Waals surface area contributed by atoms with Gasteiger partial charge in [-0.3, -0.25) is 27.1 Å². The molecule has 1 aliphatic rings. The Kier molecular flexibility index (Phi) is 14.1. The number of hydrogen-bond donors (Lipinski definition) is 4. The Bertz CT molecular complexity index is 1320. The number of amides is 5. The van der Waals surface area contributed by atoms with Gasteiger partial charge in [0.25, 0.3) is 5.91 Å². The van der Waals surface area contributed by atoms with Crippen LogP contribution in [0, 0.1) is 5.92 Å². The van der Waals surface area contributed by atoms with E-state index >= 15 is 0 Å². The fraction of sp³-hybridized carbons (Fsp3) is 0.469. The second kappa shape index (κ2) is 17.7. The van der Waals surface area contributed by atoms with E-state index in [4.69, 9.17) is 5.73 Å². The molecule has 0 bridgehead atoms. The van der Waals surface area contributed by atoms with Gasteiger partial charge >= 0.3 is 0 Å². The molecule has 11 nitrogen and oxygen atoms in total. The number of hydrogen-bond acceptors (Lipinski definition) is 6. The van der Waals surface area contributed by atoms with Crippen molar-refractivity contribution < 1.29 is 24.0 Å². The molecule has 0 spiro atoms. The third kappa shape index (κ3) is 10.6. The first-order valence-corrected chi connectivity index (χ1v) is 16.0. The second-order valence-electron chi connectivity index (χ2n) is 11.1. The van der Waals surface area contributed by atoms with Crippen molar-refractivity contribution in [3.8, 4) is 0 Å². The largest absolute Gasteiger partial charge is 0.356 e. The Morgan fingerprint density at radius 3 is 2.16 bits per heavy atom. The van der Waals surface area contributed by atoms with E-state index in [0.29, 0.717) is 19.6 Å². The van der Waals surface area contributed by atoms with Gasteiger partial charge in [0.2, 0.25) is 23.6 Å². The van der Waals surface area contributed by atoms with Crippen LogP contribution in [0.1, 0.15) is 56.2 Å². The van der Waals surface area contributed by atoms with Crippen LogP contribution >= 0.6 is 22.9 Å². The lowest BCUT2D eigenvalue weighted by Crippen LogP contribution is -2.50. The molecule has 1 heterocycles. The van der Waals surface area contributed by atoms with Gasteiger partial charge in [-0.1, -0.05) is 56.3 Å². The zero-order valence-electron chi connectivity index (χ0n) is 25.4. The van der Waals surface area contributed by atoms with Crippen LogP contribution < -0.4 is 26.6 Å². The van der Waals surface area contributed by atoms with E-state index in [1.807, 2.05) is 30.3 Å². The lowest BCUT2D eigenvalue weighted by molar-refractivity contribution is -0.135. The van der Waals surface area contributed by atoms with E-state index in [1.165, 1.54) is 8.68 Å². The molecule has 0 fully saturated rings. The van der Waals surface area contributed by atoms with Crippen LogP contribution in [0.2, 0.25) is 0 Å². The van der Waals surface area contributed by atoms with Gasteiger partial charge in [0.1, 0.15) is 12.6 Å². The zero-order chi connectivity index (χ0) is 32.1. The molecule has 3 rings (SSSR count). The summed E-state index contributed by atoms with van der Waals surface area (Å²) in [6.07, 6.45) is 2.37. The van der Waals surface area contributed by atoms with E-state index in [2.05, 4.69) is 34.1 Å². The Balaban J connectivity index is 1.44. The molecule has 5 N–H and O–H groups in total. The number of para-hydroxylation sites is 1. The predicted octanol–water partition coefficient (Wildman–Crippen LogP) is 2.39. The first kappa shape index (κ1) is 35.0. The molecule has 0 radical (unpaired) electrons. The number of carbonyl (C=O) groups excluding carboxylic acids is 5. The molecule has 0 aliphatic carbocycles. The SMILES string of the molecule is CC(C)C(NC(=O)CCCC(=O)NCCC(=O)N1Cc2ccccc2CCc2ccccc21)C(=O)N(I)CC(=O)NCCN. The number of rotatable bonds is 14. The third-order valence-electron chi connectivity index (χ3n) is 7.40. The summed E-state index contributed by atoms with van der Waals surface area (Å²) in [6, 6.07) is 15.3. The van der Waals surface area contributed by atoms with Gasteiger partial charge in [-0.05, 0) is 47.9 Å². The summed E-state index contributed by atoms with van der Waals surface area (Å²) >= 11 is 1.76. The summed E-state index contributed by atoms with van der Waals surface area (Å²) in [4.78, 5) is 65.0.